The minimum atomic E-state index is -0.655. The Hall–Kier alpha value is -5.06. The van der Waals surface area contributed by atoms with Gasteiger partial charge >= 0.3 is 5.91 Å². The summed E-state index contributed by atoms with van der Waals surface area (Å²) in [6.45, 7) is -0.306. The van der Waals surface area contributed by atoms with Crippen molar-refractivity contribution in [3.05, 3.63) is 100 Å². The van der Waals surface area contributed by atoms with E-state index in [1.807, 2.05) is 0 Å². The number of hydrogen-bond donors (Lipinski definition) is 2. The summed E-state index contributed by atoms with van der Waals surface area (Å²) in [5.74, 6) is -1.24. The number of benzene rings is 3. The summed E-state index contributed by atoms with van der Waals surface area (Å²) in [4.78, 5) is 34.8. The van der Waals surface area contributed by atoms with Crippen molar-refractivity contribution in [3.8, 4) is 5.75 Å². The molecule has 35 heavy (non-hydrogen) atoms. The molecule has 10 nitrogen and oxygen atoms in total. The second kappa shape index (κ2) is 10.3. The Balaban J connectivity index is 1.36. The van der Waals surface area contributed by atoms with Crippen molar-refractivity contribution in [2.24, 2.45) is 5.10 Å². The van der Waals surface area contributed by atoms with Crippen LogP contribution in [-0.4, -0.2) is 29.6 Å². The largest absolute Gasteiger partial charge is 0.483 e. The topological polar surface area (TPSA) is 136 Å². The number of para-hydroxylation sites is 1. The Bertz CT molecular complexity index is 1430. The predicted octanol–water partition coefficient (Wildman–Crippen LogP) is 4.26. The second-order valence-electron chi connectivity index (χ2n) is 7.17. The Morgan fingerprint density at radius 3 is 2.63 bits per heavy atom. The molecule has 2 N–H and O–H groups in total. The van der Waals surface area contributed by atoms with Crippen LogP contribution < -0.4 is 15.5 Å². The van der Waals surface area contributed by atoms with E-state index in [-0.39, 0.29) is 18.1 Å². The number of halogens is 1. The molecule has 2 amide bonds. The zero-order valence-electron chi connectivity index (χ0n) is 17.9. The molecule has 11 heteroatoms. The van der Waals surface area contributed by atoms with Crippen LogP contribution in [0.4, 0.5) is 15.8 Å². The number of furan rings is 1. The van der Waals surface area contributed by atoms with E-state index < -0.39 is 22.6 Å². The average Bonchev–Trinajstić information content (AvgIpc) is 3.28. The summed E-state index contributed by atoms with van der Waals surface area (Å²) in [7, 11) is 0. The van der Waals surface area contributed by atoms with E-state index in [0.717, 1.165) is 0 Å². The highest BCUT2D eigenvalue weighted by atomic mass is 19.1. The molecule has 0 saturated carbocycles. The molecule has 0 fully saturated rings. The molecule has 0 spiro atoms. The minimum Gasteiger partial charge on any atom is -0.483 e. The third kappa shape index (κ3) is 5.85. The Labute approximate surface area is 197 Å². The number of anilines is 1. The number of fused-ring (bicyclic) bond motifs is 1. The van der Waals surface area contributed by atoms with Crippen molar-refractivity contribution in [1.82, 2.24) is 5.43 Å². The summed E-state index contributed by atoms with van der Waals surface area (Å²) in [5.41, 5.74) is 3.43. The highest BCUT2D eigenvalue weighted by Gasteiger charge is 2.15. The van der Waals surface area contributed by atoms with E-state index in [1.54, 1.807) is 24.3 Å². The zero-order valence-corrected chi connectivity index (χ0v) is 17.9. The number of hydrogen-bond acceptors (Lipinski definition) is 7. The van der Waals surface area contributed by atoms with E-state index in [2.05, 4.69) is 15.8 Å². The molecule has 0 aliphatic carbocycles. The van der Waals surface area contributed by atoms with Gasteiger partial charge in [0.2, 0.25) is 0 Å². The monoisotopic (exact) mass is 476 g/mol. The number of non-ortho nitro benzene ring substituents is 1. The normalized spacial score (nSPS) is 10.9. The number of carbonyl (C=O) groups is 2. The predicted molar refractivity (Wildman–Crippen MR) is 125 cm³/mol. The molecule has 176 valence electrons. The standard InChI is InChI=1S/C24H17FN4O6/c25-17-5-7-18(8-6-17)27-23(30)14-34-20-4-2-1-3-15(20)13-26-28-24(31)22-12-16-11-19(29(32)33)9-10-21(16)35-22/h1-13H,14H2,(H,27,30)(H,28,31)/b26-13-. The van der Waals surface area contributed by atoms with Gasteiger partial charge in [0.05, 0.1) is 11.1 Å². The molecule has 0 unspecified atom stereocenters. The Morgan fingerprint density at radius 1 is 1.09 bits per heavy atom. The smallest absolute Gasteiger partial charge is 0.307 e. The number of nitro benzene ring substituents is 1. The van der Waals surface area contributed by atoms with Crippen LogP contribution >= 0.6 is 0 Å². The fourth-order valence-electron chi connectivity index (χ4n) is 3.06. The molecular formula is C24H17FN4O6. The van der Waals surface area contributed by atoms with Crippen molar-refractivity contribution in [3.63, 3.8) is 0 Å². The lowest BCUT2D eigenvalue weighted by molar-refractivity contribution is -0.384. The molecule has 4 rings (SSSR count). The zero-order chi connectivity index (χ0) is 24.8. The van der Waals surface area contributed by atoms with Crippen LogP contribution in [0.25, 0.3) is 11.0 Å². The summed E-state index contributed by atoms with van der Waals surface area (Å²) in [5, 5.41) is 17.8. The van der Waals surface area contributed by atoms with E-state index in [4.69, 9.17) is 9.15 Å². The lowest BCUT2D eigenvalue weighted by atomic mass is 10.2. The van der Waals surface area contributed by atoms with Crippen LogP contribution in [0.1, 0.15) is 16.1 Å². The third-order valence-electron chi connectivity index (χ3n) is 4.71. The fraction of sp³-hybridized carbons (Fsp3) is 0.0417. The Morgan fingerprint density at radius 2 is 1.86 bits per heavy atom. The van der Waals surface area contributed by atoms with Gasteiger partial charge in [-0.15, -0.1) is 0 Å². The van der Waals surface area contributed by atoms with Crippen molar-refractivity contribution in [1.29, 1.82) is 0 Å². The lowest BCUT2D eigenvalue weighted by Crippen LogP contribution is -2.20. The van der Waals surface area contributed by atoms with Crippen LogP contribution in [-0.2, 0) is 4.79 Å². The van der Waals surface area contributed by atoms with Crippen LogP contribution in [0.5, 0.6) is 5.75 Å². The first-order valence-corrected chi connectivity index (χ1v) is 10.2. The van der Waals surface area contributed by atoms with E-state index >= 15 is 0 Å². The molecule has 0 radical (unpaired) electrons. The molecule has 0 saturated heterocycles. The van der Waals surface area contributed by atoms with E-state index in [0.29, 0.717) is 28.0 Å². The van der Waals surface area contributed by atoms with Gasteiger partial charge in [-0.05, 0) is 48.5 Å². The number of nitrogens with zero attached hydrogens (tertiary/aromatic N) is 2. The quantitative estimate of drug-likeness (QED) is 0.222. The molecule has 4 aromatic rings. The molecular weight excluding hydrogens is 459 g/mol. The van der Waals surface area contributed by atoms with Gasteiger partial charge in [-0.2, -0.15) is 5.10 Å². The average molecular weight is 476 g/mol. The van der Waals surface area contributed by atoms with Crippen LogP contribution in [0.2, 0.25) is 0 Å². The van der Waals surface area contributed by atoms with Gasteiger partial charge in [0, 0.05) is 28.8 Å². The van der Waals surface area contributed by atoms with Crippen LogP contribution in [0.15, 0.2) is 82.3 Å². The molecule has 0 aliphatic heterocycles. The summed E-state index contributed by atoms with van der Waals surface area (Å²) >= 11 is 0. The Kier molecular flexibility index (Phi) is 6.77. The maximum Gasteiger partial charge on any atom is 0.307 e. The molecule has 3 aromatic carbocycles. The van der Waals surface area contributed by atoms with Gasteiger partial charge in [0.1, 0.15) is 17.1 Å². The first-order chi connectivity index (χ1) is 16.9. The van der Waals surface area contributed by atoms with Gasteiger partial charge in [0.15, 0.2) is 12.4 Å². The van der Waals surface area contributed by atoms with Gasteiger partial charge in [-0.3, -0.25) is 19.7 Å². The lowest BCUT2D eigenvalue weighted by Gasteiger charge is -2.09. The summed E-state index contributed by atoms with van der Waals surface area (Å²) < 4.78 is 23.9. The van der Waals surface area contributed by atoms with Crippen LogP contribution in [0, 0.1) is 15.9 Å². The minimum absolute atomic E-state index is 0.0698. The molecule has 1 heterocycles. The second-order valence-corrected chi connectivity index (χ2v) is 7.17. The van der Waals surface area contributed by atoms with Gasteiger partial charge < -0.3 is 14.5 Å². The highest BCUT2D eigenvalue weighted by molar-refractivity contribution is 5.97. The van der Waals surface area contributed by atoms with Crippen molar-refractivity contribution in [2.75, 3.05) is 11.9 Å². The van der Waals surface area contributed by atoms with Crippen molar-refractivity contribution in [2.45, 2.75) is 0 Å². The molecule has 0 aliphatic rings. The summed E-state index contributed by atoms with van der Waals surface area (Å²) in [6.07, 6.45) is 1.33. The van der Waals surface area contributed by atoms with Gasteiger partial charge in [-0.25, -0.2) is 9.82 Å². The van der Waals surface area contributed by atoms with Crippen molar-refractivity contribution < 1.29 is 28.1 Å². The maximum absolute atomic E-state index is 13.0. The van der Waals surface area contributed by atoms with Gasteiger partial charge in [-0.1, -0.05) is 12.1 Å². The highest BCUT2D eigenvalue weighted by Crippen LogP contribution is 2.24. The number of ether oxygens (including phenoxy) is 1. The number of hydrazone groups is 1. The number of amides is 2. The third-order valence-corrected chi connectivity index (χ3v) is 4.71. The summed E-state index contributed by atoms with van der Waals surface area (Å²) in [6, 6.07) is 17.4. The van der Waals surface area contributed by atoms with Gasteiger partial charge in [0.25, 0.3) is 11.6 Å². The molecule has 0 bridgehead atoms. The maximum atomic E-state index is 13.0. The fourth-order valence-corrected chi connectivity index (χ4v) is 3.06. The number of nitrogens with one attached hydrogen (secondary N) is 2. The van der Waals surface area contributed by atoms with Crippen molar-refractivity contribution >= 4 is 40.4 Å². The first kappa shape index (κ1) is 23.1. The van der Waals surface area contributed by atoms with E-state index in [9.17, 15) is 24.1 Å². The SMILES string of the molecule is O=C(COc1ccccc1/C=N\NC(=O)c1cc2cc([N+](=O)[O-])ccc2o1)Nc1ccc(F)cc1. The van der Waals surface area contributed by atoms with E-state index in [1.165, 1.54) is 54.7 Å². The number of rotatable bonds is 8. The van der Waals surface area contributed by atoms with Crippen LogP contribution in [0.3, 0.4) is 0 Å². The first-order valence-electron chi connectivity index (χ1n) is 10.2. The molecule has 0 atom stereocenters. The number of carbonyl (C=O) groups excluding carboxylic acids is 2. The number of nitro groups is 1. The molecule has 1 aromatic heterocycles.